The first-order valence-electron chi connectivity index (χ1n) is 11.7. The van der Waals surface area contributed by atoms with Crippen molar-refractivity contribution < 1.29 is 41.0 Å². The number of methoxy groups -OCH3 is 1. The molecule has 3 aromatic rings. The second-order valence-corrected chi connectivity index (χ2v) is 11.3. The van der Waals surface area contributed by atoms with E-state index in [0.717, 1.165) is 40.7 Å². The number of nitrogens with zero attached hydrogens (tertiary/aromatic N) is 1. The van der Waals surface area contributed by atoms with Crippen LogP contribution >= 0.6 is 0 Å². The molecule has 1 aliphatic heterocycles. The highest BCUT2D eigenvalue weighted by molar-refractivity contribution is 7.92. The highest BCUT2D eigenvalue weighted by atomic mass is 32.2. The molecule has 1 N–H and O–H groups in total. The number of carbonyl (C=O) groups is 1. The van der Waals surface area contributed by atoms with Crippen molar-refractivity contribution in [1.82, 2.24) is 0 Å². The molecule has 0 aliphatic carbocycles. The van der Waals surface area contributed by atoms with Gasteiger partial charge >= 0.3 is 0 Å². The lowest BCUT2D eigenvalue weighted by molar-refractivity contribution is -0.134. The summed E-state index contributed by atoms with van der Waals surface area (Å²) in [7, 11) is -3.13. The maximum Gasteiger partial charge on any atom is 0.264 e. The number of sulfonamides is 1. The van der Waals surface area contributed by atoms with Crippen LogP contribution in [0.3, 0.4) is 0 Å². The molecule has 0 saturated carbocycles. The molecule has 4 rings (SSSR count). The lowest BCUT2D eigenvalue weighted by Crippen LogP contribution is -2.44. The van der Waals surface area contributed by atoms with Gasteiger partial charge in [-0.25, -0.2) is 21.6 Å². The van der Waals surface area contributed by atoms with E-state index in [1.54, 1.807) is 0 Å². The molecular weight excluding hydrogens is 523 g/mol. The lowest BCUT2D eigenvalue weighted by atomic mass is 9.97. The summed E-state index contributed by atoms with van der Waals surface area (Å²) in [6, 6.07) is 10.3. The van der Waals surface area contributed by atoms with E-state index >= 15 is 0 Å². The predicted molar refractivity (Wildman–Crippen MR) is 134 cm³/mol. The zero-order chi connectivity index (χ0) is 27.8. The lowest BCUT2D eigenvalue weighted by Gasteiger charge is -2.36. The Bertz CT molecular complexity index is 1490. The minimum atomic E-state index is -4.34. The fourth-order valence-electron chi connectivity index (χ4n) is 4.10. The number of fused-ring (bicyclic) bond motifs is 1. The standard InChI is InChI=1S/C27H26F3NO6S/c1-27(2,33)26(32)11-6-18-15-31(38(34,35)19-7-9-22(30)25(14-19)36-3)23-12-16(4-10-24(23)37-18)20-13-17(28)5-8-21(20)29/h4-5,7-10,12-14,18,33H,6,11,15H2,1-3H3/t18-/m0/s1. The van der Waals surface area contributed by atoms with Crippen LogP contribution in [-0.2, 0) is 14.8 Å². The van der Waals surface area contributed by atoms with E-state index in [0.29, 0.717) is 0 Å². The van der Waals surface area contributed by atoms with E-state index in [2.05, 4.69) is 0 Å². The molecule has 0 spiro atoms. The topological polar surface area (TPSA) is 93.1 Å². The van der Waals surface area contributed by atoms with Crippen LogP contribution in [0.1, 0.15) is 26.7 Å². The van der Waals surface area contributed by atoms with Gasteiger partial charge in [-0.05, 0) is 68.3 Å². The van der Waals surface area contributed by atoms with Gasteiger partial charge in [0.1, 0.15) is 29.1 Å². The van der Waals surface area contributed by atoms with E-state index in [1.807, 2.05) is 0 Å². The molecule has 11 heteroatoms. The van der Waals surface area contributed by atoms with E-state index < -0.39 is 45.0 Å². The number of carbonyl (C=O) groups excluding carboxylic acids is 1. The van der Waals surface area contributed by atoms with Crippen LogP contribution in [0.5, 0.6) is 11.5 Å². The molecule has 0 amide bonds. The average molecular weight is 550 g/mol. The Kier molecular flexibility index (Phi) is 7.44. The molecule has 0 fully saturated rings. The second kappa shape index (κ2) is 10.3. The summed E-state index contributed by atoms with van der Waals surface area (Å²) in [6.45, 7) is 2.49. The number of halogens is 3. The molecule has 38 heavy (non-hydrogen) atoms. The Labute approximate surface area is 218 Å². The first kappa shape index (κ1) is 27.5. The monoisotopic (exact) mass is 549 g/mol. The number of hydrogen-bond donors (Lipinski definition) is 1. The van der Waals surface area contributed by atoms with E-state index in [9.17, 15) is 31.5 Å². The summed E-state index contributed by atoms with van der Waals surface area (Å²) >= 11 is 0. The van der Waals surface area contributed by atoms with Gasteiger partial charge in [-0.3, -0.25) is 9.10 Å². The smallest absolute Gasteiger partial charge is 0.264 e. The molecule has 7 nitrogen and oxygen atoms in total. The summed E-state index contributed by atoms with van der Waals surface area (Å²) in [4.78, 5) is 12.0. The Balaban J connectivity index is 1.79. The SMILES string of the molecule is COc1cc(S(=O)(=O)N2C[C@H](CCC(=O)C(C)(C)O)Oc3ccc(-c4cc(F)ccc4F)cc32)ccc1F. The van der Waals surface area contributed by atoms with Gasteiger partial charge in [0.15, 0.2) is 17.3 Å². The minimum Gasteiger partial charge on any atom is -0.494 e. The third-order valence-electron chi connectivity index (χ3n) is 6.22. The number of Topliss-reactive ketones (excluding diaryl/α,β-unsaturated/α-hetero) is 1. The van der Waals surface area contributed by atoms with E-state index in [1.165, 1.54) is 39.2 Å². The molecule has 1 aliphatic rings. The summed E-state index contributed by atoms with van der Waals surface area (Å²) in [5.41, 5.74) is -1.38. The first-order valence-corrected chi connectivity index (χ1v) is 13.1. The number of rotatable bonds is 8. The van der Waals surface area contributed by atoms with Gasteiger partial charge in [-0.2, -0.15) is 0 Å². The van der Waals surface area contributed by atoms with E-state index in [-0.39, 0.29) is 52.6 Å². The van der Waals surface area contributed by atoms with Crippen LogP contribution < -0.4 is 13.8 Å². The van der Waals surface area contributed by atoms with Crippen LogP contribution in [0, 0.1) is 17.5 Å². The zero-order valence-corrected chi connectivity index (χ0v) is 21.7. The highest BCUT2D eigenvalue weighted by Gasteiger charge is 2.36. The third kappa shape index (κ3) is 5.48. The maximum absolute atomic E-state index is 14.5. The molecule has 0 radical (unpaired) electrons. The van der Waals surface area contributed by atoms with Crippen molar-refractivity contribution in [3.63, 3.8) is 0 Å². The zero-order valence-electron chi connectivity index (χ0n) is 20.9. The largest absolute Gasteiger partial charge is 0.494 e. The third-order valence-corrected chi connectivity index (χ3v) is 7.99. The quantitative estimate of drug-likeness (QED) is 0.432. The molecule has 0 saturated heterocycles. The molecule has 3 aromatic carbocycles. The van der Waals surface area contributed by atoms with Crippen molar-refractivity contribution in [3.8, 4) is 22.6 Å². The average Bonchev–Trinajstić information content (AvgIpc) is 2.87. The predicted octanol–water partition coefficient (Wildman–Crippen LogP) is 4.86. The Morgan fingerprint density at radius 1 is 1.08 bits per heavy atom. The van der Waals surface area contributed by atoms with Crippen molar-refractivity contribution >= 4 is 21.5 Å². The van der Waals surface area contributed by atoms with Crippen LogP contribution in [0.2, 0.25) is 0 Å². The minimum absolute atomic E-state index is 0.0551. The molecular formula is C27H26F3NO6S. The number of benzene rings is 3. The van der Waals surface area contributed by atoms with Gasteiger partial charge in [0.2, 0.25) is 0 Å². The van der Waals surface area contributed by atoms with E-state index in [4.69, 9.17) is 9.47 Å². The van der Waals surface area contributed by atoms with Crippen molar-refractivity contribution in [1.29, 1.82) is 0 Å². The summed E-state index contributed by atoms with van der Waals surface area (Å²) in [5, 5.41) is 9.96. The van der Waals surface area contributed by atoms with Crippen LogP contribution in [0.4, 0.5) is 18.9 Å². The molecule has 0 aromatic heterocycles. The Hall–Kier alpha value is -3.57. The fourth-order valence-corrected chi connectivity index (χ4v) is 5.62. The molecule has 1 heterocycles. The van der Waals surface area contributed by atoms with Crippen molar-refractivity contribution in [2.45, 2.75) is 43.3 Å². The summed E-state index contributed by atoms with van der Waals surface area (Å²) < 4.78 is 81.9. The number of ketones is 1. The first-order chi connectivity index (χ1) is 17.8. The van der Waals surface area contributed by atoms with Crippen molar-refractivity contribution in [3.05, 3.63) is 72.0 Å². The highest BCUT2D eigenvalue weighted by Crippen LogP contribution is 2.41. The molecule has 0 unspecified atom stereocenters. The van der Waals surface area contributed by atoms with Gasteiger partial charge in [0.05, 0.1) is 24.2 Å². The van der Waals surface area contributed by atoms with Gasteiger partial charge in [-0.15, -0.1) is 0 Å². The Morgan fingerprint density at radius 2 is 1.79 bits per heavy atom. The van der Waals surface area contributed by atoms with Crippen LogP contribution in [0.15, 0.2) is 59.5 Å². The number of ether oxygens (including phenoxy) is 2. The Morgan fingerprint density at radius 3 is 2.47 bits per heavy atom. The number of anilines is 1. The molecule has 202 valence electrons. The molecule has 1 atom stereocenters. The summed E-state index contributed by atoms with van der Waals surface area (Å²) in [6.07, 6.45) is -0.752. The van der Waals surface area contributed by atoms with Crippen molar-refractivity contribution in [2.24, 2.45) is 0 Å². The maximum atomic E-state index is 14.5. The van der Waals surface area contributed by atoms with Crippen molar-refractivity contribution in [2.75, 3.05) is 18.0 Å². The number of aliphatic hydroxyl groups is 1. The van der Waals surface area contributed by atoms with Gasteiger partial charge < -0.3 is 14.6 Å². The normalized spacial score (nSPS) is 15.6. The van der Waals surface area contributed by atoms with Crippen LogP contribution in [0.25, 0.3) is 11.1 Å². The fraction of sp³-hybridized carbons (Fsp3) is 0.296. The molecule has 0 bridgehead atoms. The number of hydrogen-bond acceptors (Lipinski definition) is 6. The van der Waals surface area contributed by atoms with Gasteiger partial charge in [0, 0.05) is 18.1 Å². The van der Waals surface area contributed by atoms with Crippen LogP contribution in [-0.4, -0.2) is 44.7 Å². The second-order valence-electron chi connectivity index (χ2n) is 9.40. The van der Waals surface area contributed by atoms with Gasteiger partial charge in [0.25, 0.3) is 10.0 Å². The summed E-state index contributed by atoms with van der Waals surface area (Å²) in [5.74, 6) is -2.71. The van der Waals surface area contributed by atoms with Gasteiger partial charge in [-0.1, -0.05) is 6.07 Å².